The molecule has 5 nitrogen and oxygen atoms in total. The van der Waals surface area contributed by atoms with Gasteiger partial charge in [0.2, 0.25) is 0 Å². The lowest BCUT2D eigenvalue weighted by molar-refractivity contribution is -0.0754. The Morgan fingerprint density at radius 2 is 0.548 bits per heavy atom. The van der Waals surface area contributed by atoms with E-state index in [2.05, 4.69) is 141 Å². The average Bonchev–Trinajstić information content (AvgIpc) is 3.31. The molecule has 62 heavy (non-hydrogen) atoms. The van der Waals surface area contributed by atoms with E-state index in [4.69, 9.17) is 18.9 Å². The molecular formula is C55H87I2NO4. The summed E-state index contributed by atoms with van der Waals surface area (Å²) in [4.78, 5) is 2.54. The molecule has 0 amide bonds. The molecule has 0 spiro atoms. The Morgan fingerprint density at radius 1 is 0.306 bits per heavy atom. The Bertz CT molecular complexity index is 1230. The summed E-state index contributed by atoms with van der Waals surface area (Å²) in [6.45, 7) is 4.71. The van der Waals surface area contributed by atoms with Gasteiger partial charge in [0.05, 0.1) is 18.8 Å². The van der Waals surface area contributed by atoms with Gasteiger partial charge >= 0.3 is 0 Å². The van der Waals surface area contributed by atoms with E-state index in [0.29, 0.717) is 39.9 Å². The Hall–Kier alpha value is -1.08. The number of ether oxygens (including phenoxy) is 4. The van der Waals surface area contributed by atoms with Crippen molar-refractivity contribution in [2.45, 2.75) is 172 Å². The fourth-order valence-electron chi connectivity index (χ4n) is 8.72. The van der Waals surface area contributed by atoms with Gasteiger partial charge in [0.1, 0.15) is 13.6 Å². The summed E-state index contributed by atoms with van der Waals surface area (Å²) in [5, 5.41) is 0. The molecule has 0 unspecified atom stereocenters. The zero-order valence-electron chi connectivity index (χ0n) is 39.0. The van der Waals surface area contributed by atoms with Gasteiger partial charge in [-0.3, -0.25) is 4.90 Å². The summed E-state index contributed by atoms with van der Waals surface area (Å²) in [5.74, 6) is 0. The molecule has 0 atom stereocenters. The fraction of sp³-hybridized carbons (Fsp3) is 0.673. The van der Waals surface area contributed by atoms with E-state index in [-0.39, 0.29) is 0 Å². The summed E-state index contributed by atoms with van der Waals surface area (Å²) in [6.07, 6.45) is 35.4. The van der Waals surface area contributed by atoms with Crippen LogP contribution < -0.4 is 0 Å². The zero-order chi connectivity index (χ0) is 43.7. The van der Waals surface area contributed by atoms with Gasteiger partial charge in [-0.25, -0.2) is 0 Å². The summed E-state index contributed by atoms with van der Waals surface area (Å²) >= 11 is 4.99. The maximum absolute atomic E-state index is 6.20. The molecule has 0 saturated carbocycles. The molecule has 3 aromatic rings. The molecular weight excluding hydrogens is 992 g/mol. The quantitative estimate of drug-likeness (QED) is 0.0186. The second-order valence-corrected chi connectivity index (χ2v) is 19.4. The minimum absolute atomic E-state index is 0.324. The highest BCUT2D eigenvalue weighted by Crippen LogP contribution is 2.42. The van der Waals surface area contributed by atoms with Gasteiger partial charge < -0.3 is 18.9 Å². The highest BCUT2D eigenvalue weighted by molar-refractivity contribution is 14.1. The minimum atomic E-state index is -0.541. The third-order valence-electron chi connectivity index (χ3n) is 12.2. The van der Waals surface area contributed by atoms with E-state index in [1.165, 1.54) is 180 Å². The highest BCUT2D eigenvalue weighted by atomic mass is 127. The van der Waals surface area contributed by atoms with Crippen molar-refractivity contribution in [2.75, 3.05) is 62.0 Å². The molecule has 3 aromatic carbocycles. The molecule has 0 aliphatic carbocycles. The van der Waals surface area contributed by atoms with Gasteiger partial charge in [0.15, 0.2) is 0 Å². The van der Waals surface area contributed by atoms with Crippen LogP contribution in [0, 0.1) is 0 Å². The lowest BCUT2D eigenvalue weighted by Crippen LogP contribution is -2.50. The summed E-state index contributed by atoms with van der Waals surface area (Å²) in [6, 6.07) is 32.8. The van der Waals surface area contributed by atoms with Crippen molar-refractivity contribution >= 4 is 45.2 Å². The molecule has 0 saturated heterocycles. The van der Waals surface area contributed by atoms with Crippen LogP contribution in [0.2, 0.25) is 0 Å². The van der Waals surface area contributed by atoms with Crippen molar-refractivity contribution in [3.8, 4) is 0 Å². The Labute approximate surface area is 408 Å². The maximum Gasteiger partial charge on any atom is 0.146 e. The summed E-state index contributed by atoms with van der Waals surface area (Å²) in [7, 11) is 0. The van der Waals surface area contributed by atoms with E-state index < -0.39 is 5.54 Å². The van der Waals surface area contributed by atoms with E-state index >= 15 is 0 Å². The fourth-order valence-corrected chi connectivity index (χ4v) is 9.80. The van der Waals surface area contributed by atoms with Crippen LogP contribution in [0.1, 0.15) is 184 Å². The Kier molecular flexibility index (Phi) is 35.8. The van der Waals surface area contributed by atoms with Crippen LogP contribution in [0.3, 0.4) is 0 Å². The first-order valence-electron chi connectivity index (χ1n) is 25.2. The van der Waals surface area contributed by atoms with Gasteiger partial charge in [0.25, 0.3) is 0 Å². The van der Waals surface area contributed by atoms with Crippen LogP contribution in [0.25, 0.3) is 0 Å². The van der Waals surface area contributed by atoms with E-state index in [1.807, 2.05) is 0 Å². The Balaban J connectivity index is 1.40. The molecule has 0 N–H and O–H groups in total. The monoisotopic (exact) mass is 1080 g/mol. The molecule has 0 bridgehead atoms. The van der Waals surface area contributed by atoms with Crippen molar-refractivity contribution in [2.24, 2.45) is 0 Å². The molecule has 0 aliphatic heterocycles. The SMILES string of the molecule is ICCCCCCCCCCCCCCCOCOCCN(CCOCOCCCCCCCCCCCCCCCI)C(c1ccccc1)(c1ccccc1)c1ccccc1. The number of unbranched alkanes of at least 4 members (excludes halogenated alkanes) is 24. The first-order valence-corrected chi connectivity index (χ1v) is 28.2. The lowest BCUT2D eigenvalue weighted by atomic mass is 9.75. The van der Waals surface area contributed by atoms with Gasteiger partial charge in [-0.1, -0.05) is 277 Å². The van der Waals surface area contributed by atoms with Gasteiger partial charge in [0, 0.05) is 26.3 Å². The van der Waals surface area contributed by atoms with Gasteiger partial charge in [-0.2, -0.15) is 0 Å². The van der Waals surface area contributed by atoms with Crippen LogP contribution in [0.15, 0.2) is 91.0 Å². The van der Waals surface area contributed by atoms with Crippen molar-refractivity contribution in [1.82, 2.24) is 4.90 Å². The van der Waals surface area contributed by atoms with Gasteiger partial charge in [-0.15, -0.1) is 0 Å². The molecule has 3 rings (SSSR count). The van der Waals surface area contributed by atoms with E-state index in [0.717, 1.165) is 26.1 Å². The normalized spacial score (nSPS) is 11.9. The van der Waals surface area contributed by atoms with Crippen LogP contribution in [0.4, 0.5) is 0 Å². The largest absolute Gasteiger partial charge is 0.355 e. The first-order chi connectivity index (χ1) is 30.8. The minimum Gasteiger partial charge on any atom is -0.355 e. The molecule has 0 fully saturated rings. The van der Waals surface area contributed by atoms with Crippen molar-refractivity contribution in [3.05, 3.63) is 108 Å². The topological polar surface area (TPSA) is 40.2 Å². The predicted molar refractivity (Wildman–Crippen MR) is 282 cm³/mol. The van der Waals surface area contributed by atoms with Crippen LogP contribution in [-0.2, 0) is 24.5 Å². The number of halogens is 2. The first kappa shape index (κ1) is 55.2. The third-order valence-corrected chi connectivity index (χ3v) is 13.8. The van der Waals surface area contributed by atoms with Crippen molar-refractivity contribution in [3.63, 3.8) is 0 Å². The lowest BCUT2D eigenvalue weighted by Gasteiger charge is -2.45. The van der Waals surface area contributed by atoms with E-state index in [1.54, 1.807) is 0 Å². The van der Waals surface area contributed by atoms with E-state index in [9.17, 15) is 0 Å². The van der Waals surface area contributed by atoms with Crippen LogP contribution >= 0.6 is 45.2 Å². The van der Waals surface area contributed by atoms with Crippen molar-refractivity contribution in [1.29, 1.82) is 0 Å². The second kappa shape index (κ2) is 40.2. The molecule has 0 heterocycles. The third kappa shape index (κ3) is 25.0. The number of hydrogen-bond acceptors (Lipinski definition) is 5. The average molecular weight is 1080 g/mol. The number of benzene rings is 3. The summed E-state index contributed by atoms with van der Waals surface area (Å²) in [5.41, 5.74) is 3.13. The van der Waals surface area contributed by atoms with Crippen LogP contribution in [0.5, 0.6) is 0 Å². The molecule has 0 aromatic heterocycles. The molecule has 0 radical (unpaired) electrons. The Morgan fingerprint density at radius 3 is 0.823 bits per heavy atom. The molecule has 350 valence electrons. The smallest absolute Gasteiger partial charge is 0.146 e. The van der Waals surface area contributed by atoms with Crippen molar-refractivity contribution < 1.29 is 18.9 Å². The number of hydrogen-bond donors (Lipinski definition) is 0. The summed E-state index contributed by atoms with van der Waals surface area (Å²) < 4.78 is 27.0. The molecule has 7 heteroatoms. The molecule has 0 aliphatic rings. The van der Waals surface area contributed by atoms with Gasteiger partial charge in [-0.05, 0) is 51.2 Å². The predicted octanol–water partition coefficient (Wildman–Crippen LogP) is 16.3. The number of alkyl halides is 2. The highest BCUT2D eigenvalue weighted by Gasteiger charge is 2.41. The number of nitrogens with zero attached hydrogens (tertiary/aromatic N) is 1. The number of rotatable bonds is 44. The zero-order valence-corrected chi connectivity index (χ0v) is 43.3. The maximum atomic E-state index is 6.20. The standard InChI is InChI=1S/C55H87I2NO4/c56-42-32-19-15-11-7-3-1-5-9-13-17-21-34-46-59-50-61-48-44-58(45-49-62-51-60-47-35-22-18-14-10-6-2-4-8-12-16-20-33-43-57)55(52-36-26-23-27-37-52,53-38-28-24-29-39-53)54-40-30-25-31-41-54/h23-31,36-41H,1-22,32-35,42-51H2. The second-order valence-electron chi connectivity index (χ2n) is 17.2. The van der Waals surface area contributed by atoms with Crippen LogP contribution in [-0.4, -0.2) is 66.9 Å².